The van der Waals surface area contributed by atoms with E-state index in [4.69, 9.17) is 11.6 Å². The lowest BCUT2D eigenvalue weighted by Gasteiger charge is -2.31. The van der Waals surface area contributed by atoms with Crippen molar-refractivity contribution in [3.05, 3.63) is 59.1 Å². The Balaban J connectivity index is 1.59. The van der Waals surface area contributed by atoms with E-state index in [9.17, 15) is 13.2 Å². The molecule has 0 spiro atoms. The van der Waals surface area contributed by atoms with Crippen LogP contribution in [0.3, 0.4) is 0 Å². The third-order valence-electron chi connectivity index (χ3n) is 5.68. The zero-order chi connectivity index (χ0) is 21.6. The topological polar surface area (TPSA) is 66.5 Å². The molecule has 0 aliphatic heterocycles. The van der Waals surface area contributed by atoms with Gasteiger partial charge in [0.25, 0.3) is 0 Å². The van der Waals surface area contributed by atoms with Crippen LogP contribution in [-0.4, -0.2) is 38.1 Å². The van der Waals surface area contributed by atoms with Gasteiger partial charge in [0.05, 0.1) is 10.6 Å². The van der Waals surface area contributed by atoms with E-state index in [2.05, 4.69) is 17.3 Å². The molecule has 0 bridgehead atoms. The van der Waals surface area contributed by atoms with Crippen LogP contribution in [0.25, 0.3) is 0 Å². The third kappa shape index (κ3) is 6.30. The van der Waals surface area contributed by atoms with E-state index in [1.54, 1.807) is 0 Å². The number of sulfone groups is 1. The molecular formula is C23H29ClN2O3S. The van der Waals surface area contributed by atoms with Crippen molar-refractivity contribution in [2.75, 3.05) is 18.1 Å². The van der Waals surface area contributed by atoms with Crippen LogP contribution in [0, 0.1) is 0 Å². The fourth-order valence-electron chi connectivity index (χ4n) is 3.90. The summed E-state index contributed by atoms with van der Waals surface area (Å²) in [7, 11) is -1.40. The van der Waals surface area contributed by atoms with Crippen molar-refractivity contribution in [3.63, 3.8) is 0 Å². The first-order chi connectivity index (χ1) is 14.3. The molecule has 7 heteroatoms. The number of rotatable bonds is 8. The van der Waals surface area contributed by atoms with Crippen LogP contribution in [0.4, 0.5) is 5.69 Å². The first kappa shape index (κ1) is 22.8. The number of halogens is 1. The molecule has 162 valence electrons. The summed E-state index contributed by atoms with van der Waals surface area (Å²) in [5.74, 6) is -0.551. The summed E-state index contributed by atoms with van der Waals surface area (Å²) in [5, 5.41) is 3.37. The smallest absolute Gasteiger partial charge is 0.225 e. The van der Waals surface area contributed by atoms with Crippen LogP contribution in [0.2, 0.25) is 5.02 Å². The number of para-hydroxylation sites is 1. The molecule has 1 aliphatic rings. The lowest BCUT2D eigenvalue weighted by Crippen LogP contribution is -2.33. The van der Waals surface area contributed by atoms with Crippen molar-refractivity contribution in [1.82, 2.24) is 4.90 Å². The number of hydrogen-bond donors (Lipinski definition) is 1. The van der Waals surface area contributed by atoms with Gasteiger partial charge in [-0.1, -0.05) is 49.1 Å². The molecule has 2 aromatic rings. The van der Waals surface area contributed by atoms with Gasteiger partial charge in [0.2, 0.25) is 5.91 Å². The minimum Gasteiger partial charge on any atom is -0.326 e. The zero-order valence-electron chi connectivity index (χ0n) is 17.3. The molecule has 0 radical (unpaired) electrons. The Morgan fingerprint density at radius 3 is 2.43 bits per heavy atom. The second kappa shape index (κ2) is 10.4. The summed E-state index contributed by atoms with van der Waals surface area (Å²) in [4.78, 5) is 15.0. The number of anilines is 1. The van der Waals surface area contributed by atoms with Gasteiger partial charge in [-0.3, -0.25) is 9.69 Å². The molecular weight excluding hydrogens is 420 g/mol. The lowest BCUT2D eigenvalue weighted by molar-refractivity contribution is -0.115. The summed E-state index contributed by atoms with van der Waals surface area (Å²) in [6.45, 7) is 0.754. The molecule has 5 nitrogen and oxygen atoms in total. The zero-order valence-corrected chi connectivity index (χ0v) is 18.9. The number of carbonyl (C=O) groups is 1. The van der Waals surface area contributed by atoms with E-state index in [1.807, 2.05) is 24.3 Å². The Bertz CT molecular complexity index is 955. The number of nitrogens with zero attached hydrogens (tertiary/aromatic N) is 1. The molecule has 0 unspecified atom stereocenters. The third-order valence-corrected chi connectivity index (χ3v) is 7.66. The highest BCUT2D eigenvalue weighted by Crippen LogP contribution is 2.25. The highest BCUT2D eigenvalue weighted by atomic mass is 35.5. The average Bonchev–Trinajstić information content (AvgIpc) is 2.75. The van der Waals surface area contributed by atoms with Crippen LogP contribution >= 0.6 is 11.6 Å². The van der Waals surface area contributed by atoms with Crippen molar-refractivity contribution in [3.8, 4) is 0 Å². The maximum absolute atomic E-state index is 12.5. The van der Waals surface area contributed by atoms with Crippen molar-refractivity contribution < 1.29 is 13.2 Å². The fourth-order valence-corrected chi connectivity index (χ4v) is 5.27. The van der Waals surface area contributed by atoms with E-state index in [-0.39, 0.29) is 23.0 Å². The molecule has 30 heavy (non-hydrogen) atoms. The molecule has 3 rings (SSSR count). The molecule has 0 aromatic heterocycles. The molecule has 1 aliphatic carbocycles. The fraction of sp³-hybridized carbons (Fsp3) is 0.435. The van der Waals surface area contributed by atoms with Crippen LogP contribution in [0.15, 0.2) is 53.4 Å². The van der Waals surface area contributed by atoms with Crippen LogP contribution in [0.5, 0.6) is 0 Å². The molecule has 0 heterocycles. The SMILES string of the molecule is CN(Cc1ccccc1NC(=O)CCS(=O)(=O)c1ccc(Cl)cc1)C1CCCCC1. The first-order valence-electron chi connectivity index (χ1n) is 10.4. The van der Waals surface area contributed by atoms with Crippen molar-refractivity contribution in [2.45, 2.75) is 56.0 Å². The summed E-state index contributed by atoms with van der Waals surface area (Å²) in [5.41, 5.74) is 1.79. The van der Waals surface area contributed by atoms with Gasteiger partial charge in [-0.05, 0) is 55.8 Å². The molecule has 1 fully saturated rings. The van der Waals surface area contributed by atoms with Gasteiger partial charge in [-0.2, -0.15) is 0 Å². The average molecular weight is 449 g/mol. The summed E-state index contributed by atoms with van der Waals surface area (Å²) < 4.78 is 24.9. The van der Waals surface area contributed by atoms with Crippen LogP contribution < -0.4 is 5.32 Å². The standard InChI is InChI=1S/C23H29ClN2O3S/c1-26(20-8-3-2-4-9-20)17-18-7-5-6-10-22(18)25-23(27)15-16-30(28,29)21-13-11-19(24)12-14-21/h5-7,10-14,20H,2-4,8-9,15-17H2,1H3,(H,25,27). The van der Waals surface area contributed by atoms with E-state index in [0.717, 1.165) is 17.8 Å². The van der Waals surface area contributed by atoms with Gasteiger partial charge in [0.15, 0.2) is 9.84 Å². The molecule has 1 amide bonds. The quantitative estimate of drug-likeness (QED) is 0.623. The van der Waals surface area contributed by atoms with Gasteiger partial charge in [-0.25, -0.2) is 8.42 Å². The minimum atomic E-state index is -3.54. The normalized spacial score (nSPS) is 15.3. The second-order valence-electron chi connectivity index (χ2n) is 7.94. The van der Waals surface area contributed by atoms with Crippen molar-refractivity contribution in [2.24, 2.45) is 0 Å². The summed E-state index contributed by atoms with van der Waals surface area (Å²) >= 11 is 5.82. The van der Waals surface area contributed by atoms with E-state index in [0.29, 0.717) is 11.1 Å². The number of benzene rings is 2. The van der Waals surface area contributed by atoms with Crippen molar-refractivity contribution >= 4 is 33.0 Å². The number of nitrogens with one attached hydrogen (secondary N) is 1. The number of hydrogen-bond acceptors (Lipinski definition) is 4. The lowest BCUT2D eigenvalue weighted by atomic mass is 9.94. The molecule has 1 saturated carbocycles. The largest absolute Gasteiger partial charge is 0.326 e. The van der Waals surface area contributed by atoms with E-state index < -0.39 is 9.84 Å². The van der Waals surface area contributed by atoms with Crippen molar-refractivity contribution in [1.29, 1.82) is 0 Å². The Labute approximate surface area is 184 Å². The molecule has 2 aromatic carbocycles. The van der Waals surface area contributed by atoms with Gasteiger partial charge in [0.1, 0.15) is 0 Å². The Kier molecular flexibility index (Phi) is 7.92. The maximum atomic E-state index is 12.5. The van der Waals surface area contributed by atoms with E-state index >= 15 is 0 Å². The predicted octanol–water partition coefficient (Wildman–Crippen LogP) is 4.91. The van der Waals surface area contributed by atoms with Gasteiger partial charge >= 0.3 is 0 Å². The Hall–Kier alpha value is -1.89. The summed E-state index contributed by atoms with van der Waals surface area (Å²) in [6, 6.07) is 14.3. The summed E-state index contributed by atoms with van der Waals surface area (Å²) in [6.07, 6.45) is 6.19. The van der Waals surface area contributed by atoms with Crippen LogP contribution in [-0.2, 0) is 21.2 Å². The van der Waals surface area contributed by atoms with Gasteiger partial charge in [0, 0.05) is 29.7 Å². The predicted molar refractivity (Wildman–Crippen MR) is 122 cm³/mol. The van der Waals surface area contributed by atoms with E-state index in [1.165, 1.54) is 56.4 Å². The maximum Gasteiger partial charge on any atom is 0.225 e. The van der Waals surface area contributed by atoms with Gasteiger partial charge in [-0.15, -0.1) is 0 Å². The Morgan fingerprint density at radius 1 is 1.07 bits per heavy atom. The Morgan fingerprint density at radius 2 is 1.73 bits per heavy atom. The number of amides is 1. The monoisotopic (exact) mass is 448 g/mol. The highest BCUT2D eigenvalue weighted by Gasteiger charge is 2.20. The highest BCUT2D eigenvalue weighted by molar-refractivity contribution is 7.91. The number of carbonyl (C=O) groups excluding carboxylic acids is 1. The second-order valence-corrected chi connectivity index (χ2v) is 10.5. The minimum absolute atomic E-state index is 0.0994. The molecule has 0 atom stereocenters. The van der Waals surface area contributed by atoms with Gasteiger partial charge < -0.3 is 5.32 Å². The van der Waals surface area contributed by atoms with Crippen LogP contribution in [0.1, 0.15) is 44.1 Å². The first-order valence-corrected chi connectivity index (χ1v) is 12.4. The molecule has 0 saturated heterocycles. The molecule has 1 N–H and O–H groups in total.